The van der Waals surface area contributed by atoms with Gasteiger partial charge in [0.2, 0.25) is 11.8 Å². The Kier molecular flexibility index (Phi) is 5.84. The van der Waals surface area contributed by atoms with Crippen molar-refractivity contribution in [3.63, 3.8) is 0 Å². The number of nitrogens with zero attached hydrogens (tertiary/aromatic N) is 3. The van der Waals surface area contributed by atoms with E-state index in [1.807, 2.05) is 54.6 Å². The molecule has 0 amide bonds. The van der Waals surface area contributed by atoms with Gasteiger partial charge in [0.05, 0.1) is 47.7 Å². The lowest BCUT2D eigenvalue weighted by Crippen LogP contribution is -2.25. The summed E-state index contributed by atoms with van der Waals surface area (Å²) in [6.07, 6.45) is 2.50. The molecule has 3 aromatic carbocycles. The molecule has 0 unspecified atom stereocenters. The van der Waals surface area contributed by atoms with Gasteiger partial charge in [-0.05, 0) is 37.0 Å². The number of fused-ring (bicyclic) bond motifs is 6. The summed E-state index contributed by atoms with van der Waals surface area (Å²) in [6, 6.07) is 25.3. The van der Waals surface area contributed by atoms with Crippen molar-refractivity contribution in [2.75, 3.05) is 6.61 Å². The minimum absolute atomic E-state index is 0.0750. The van der Waals surface area contributed by atoms with Crippen LogP contribution < -0.4 is 0 Å². The molecule has 2 N–H and O–H groups in total. The Hall–Kier alpha value is -4.30. The lowest BCUT2D eigenvalue weighted by molar-refractivity contribution is -0.105. The van der Waals surface area contributed by atoms with Gasteiger partial charge in [-0.3, -0.25) is 4.57 Å². The summed E-state index contributed by atoms with van der Waals surface area (Å²) in [6.45, 7) is 0.882. The van der Waals surface area contributed by atoms with Crippen LogP contribution >= 0.6 is 0 Å². The van der Waals surface area contributed by atoms with Crippen molar-refractivity contribution in [2.24, 2.45) is 0 Å². The first-order chi connectivity index (χ1) is 18.5. The second-order valence-electron chi connectivity index (χ2n) is 10.1. The summed E-state index contributed by atoms with van der Waals surface area (Å²) in [4.78, 5) is 0. The van der Waals surface area contributed by atoms with Crippen molar-refractivity contribution in [2.45, 2.75) is 49.9 Å². The van der Waals surface area contributed by atoms with Crippen LogP contribution in [-0.2, 0) is 27.3 Å². The molecule has 0 saturated carbocycles. The number of hydrogen-bond acceptors (Lipinski definition) is 6. The maximum Gasteiger partial charge on any atom is 0.205 e. The van der Waals surface area contributed by atoms with Crippen molar-refractivity contribution in [1.82, 2.24) is 4.57 Å². The maximum absolute atomic E-state index is 11.7. The van der Waals surface area contributed by atoms with Crippen molar-refractivity contribution < 1.29 is 19.7 Å². The van der Waals surface area contributed by atoms with E-state index in [0.717, 1.165) is 16.3 Å². The third-order valence-electron chi connectivity index (χ3n) is 8.02. The normalized spacial score (nSPS) is 21.3. The van der Waals surface area contributed by atoms with Crippen LogP contribution in [0, 0.1) is 22.7 Å². The Morgan fingerprint density at radius 1 is 0.842 bits per heavy atom. The van der Waals surface area contributed by atoms with Gasteiger partial charge >= 0.3 is 0 Å². The summed E-state index contributed by atoms with van der Waals surface area (Å²) in [5.41, 5.74) is 1.64. The predicted molar refractivity (Wildman–Crippen MR) is 141 cm³/mol. The fourth-order valence-corrected chi connectivity index (χ4v) is 6.31. The molecule has 190 valence electrons. The van der Waals surface area contributed by atoms with E-state index in [-0.39, 0.29) is 18.2 Å². The SMILES string of the molecule is N#CCC[C@@]12CC[C@@](CCOCc3ccccc3)(O1)c1c2c(O)n(-c2ccc(C#N)c3ccccc23)c1O. The van der Waals surface area contributed by atoms with Gasteiger partial charge in [-0.25, -0.2) is 0 Å². The van der Waals surface area contributed by atoms with Gasteiger partial charge in [0.15, 0.2) is 0 Å². The Balaban J connectivity index is 1.42. The van der Waals surface area contributed by atoms with Gasteiger partial charge in [0, 0.05) is 23.6 Å². The molecule has 1 aromatic heterocycles. The van der Waals surface area contributed by atoms with E-state index >= 15 is 0 Å². The number of rotatable bonds is 8. The first-order valence-corrected chi connectivity index (χ1v) is 12.8. The van der Waals surface area contributed by atoms with Crippen LogP contribution in [0.25, 0.3) is 16.5 Å². The van der Waals surface area contributed by atoms with Crippen LogP contribution in [0.1, 0.15) is 54.4 Å². The smallest absolute Gasteiger partial charge is 0.205 e. The molecule has 2 atom stereocenters. The van der Waals surface area contributed by atoms with E-state index in [9.17, 15) is 20.7 Å². The lowest BCUT2D eigenvalue weighted by Gasteiger charge is -2.27. The van der Waals surface area contributed by atoms with Crippen LogP contribution in [0.2, 0.25) is 0 Å². The Bertz CT molecular complexity index is 1610. The minimum atomic E-state index is -0.848. The molecule has 0 radical (unpaired) electrons. The zero-order chi connectivity index (χ0) is 26.3. The van der Waals surface area contributed by atoms with Gasteiger partial charge in [0.1, 0.15) is 11.2 Å². The highest BCUT2D eigenvalue weighted by Gasteiger charge is 2.63. The highest BCUT2D eigenvalue weighted by atomic mass is 16.5. The van der Waals surface area contributed by atoms with Gasteiger partial charge in [0.25, 0.3) is 0 Å². The summed E-state index contributed by atoms with van der Waals surface area (Å²) in [7, 11) is 0. The number of aromatic hydroxyl groups is 2. The molecule has 7 nitrogen and oxygen atoms in total. The molecule has 1 saturated heterocycles. The van der Waals surface area contributed by atoms with Crippen LogP contribution in [0.4, 0.5) is 0 Å². The van der Waals surface area contributed by atoms with Crippen LogP contribution in [-0.4, -0.2) is 21.4 Å². The second kappa shape index (κ2) is 9.22. The molecule has 2 aliphatic heterocycles. The zero-order valence-corrected chi connectivity index (χ0v) is 20.9. The second-order valence-corrected chi connectivity index (χ2v) is 10.1. The third kappa shape index (κ3) is 3.55. The molecular formula is C31H27N3O4. The van der Waals surface area contributed by atoms with Crippen molar-refractivity contribution in [1.29, 1.82) is 10.5 Å². The van der Waals surface area contributed by atoms with Crippen molar-refractivity contribution in [3.8, 4) is 29.6 Å². The van der Waals surface area contributed by atoms with E-state index in [4.69, 9.17) is 9.47 Å². The maximum atomic E-state index is 11.7. The van der Waals surface area contributed by atoms with E-state index in [2.05, 4.69) is 12.1 Å². The molecule has 1 fully saturated rings. The fraction of sp³-hybridized carbons (Fsp3) is 0.290. The van der Waals surface area contributed by atoms with Crippen LogP contribution in [0.15, 0.2) is 66.7 Å². The summed E-state index contributed by atoms with van der Waals surface area (Å²) in [5, 5.41) is 43.7. The Morgan fingerprint density at radius 3 is 2.18 bits per heavy atom. The molecule has 2 aliphatic rings. The van der Waals surface area contributed by atoms with E-state index < -0.39 is 11.2 Å². The van der Waals surface area contributed by atoms with Gasteiger partial charge in [-0.2, -0.15) is 10.5 Å². The van der Waals surface area contributed by atoms with Crippen molar-refractivity contribution in [3.05, 3.63) is 89.0 Å². The van der Waals surface area contributed by atoms with E-state index in [0.29, 0.717) is 61.3 Å². The highest BCUT2D eigenvalue weighted by molar-refractivity contribution is 5.95. The average Bonchev–Trinajstić information content (AvgIpc) is 3.56. The van der Waals surface area contributed by atoms with Gasteiger partial charge in [-0.1, -0.05) is 54.6 Å². The molecule has 6 rings (SSSR count). The Labute approximate surface area is 220 Å². The third-order valence-corrected chi connectivity index (χ3v) is 8.02. The summed E-state index contributed by atoms with van der Waals surface area (Å²) >= 11 is 0. The molecule has 38 heavy (non-hydrogen) atoms. The number of nitriles is 2. The fourth-order valence-electron chi connectivity index (χ4n) is 6.31. The van der Waals surface area contributed by atoms with Gasteiger partial charge in [-0.15, -0.1) is 0 Å². The quantitative estimate of drug-likeness (QED) is 0.283. The summed E-state index contributed by atoms with van der Waals surface area (Å²) in [5.74, 6) is -0.161. The molecule has 3 heterocycles. The summed E-state index contributed by atoms with van der Waals surface area (Å²) < 4.78 is 14.1. The monoisotopic (exact) mass is 505 g/mol. The minimum Gasteiger partial charge on any atom is -0.494 e. The molecule has 7 heteroatoms. The zero-order valence-electron chi connectivity index (χ0n) is 20.9. The first kappa shape index (κ1) is 24.1. The van der Waals surface area contributed by atoms with Crippen LogP contribution in [0.5, 0.6) is 11.8 Å². The van der Waals surface area contributed by atoms with E-state index in [1.165, 1.54) is 4.57 Å². The molecule has 0 aliphatic carbocycles. The molecular weight excluding hydrogens is 478 g/mol. The number of ether oxygens (including phenoxy) is 2. The van der Waals surface area contributed by atoms with Gasteiger partial charge < -0.3 is 19.7 Å². The number of benzene rings is 3. The molecule has 0 spiro atoms. The van der Waals surface area contributed by atoms with Crippen molar-refractivity contribution >= 4 is 10.8 Å². The number of hydrogen-bond donors (Lipinski definition) is 2. The largest absolute Gasteiger partial charge is 0.494 e. The standard InChI is InChI=1S/C31H27N3O4/c32-17-6-13-30-14-15-31(38-30,16-18-37-20-21-7-2-1-3-8-21)27-26(30)28(35)34(29(27)36)25-12-11-22(19-33)23-9-4-5-10-24(23)25/h1-5,7-12,35-36H,6,13-16,18,20H2/t30-,31-/m0/s1. The average molecular weight is 506 g/mol. The molecule has 2 bridgehead atoms. The predicted octanol–water partition coefficient (Wildman–Crippen LogP) is 6.04. The topological polar surface area (TPSA) is 111 Å². The lowest BCUT2D eigenvalue weighted by atomic mass is 9.75. The van der Waals surface area contributed by atoms with Crippen LogP contribution in [0.3, 0.4) is 0 Å². The molecule has 4 aromatic rings. The number of aromatic nitrogens is 1. The Morgan fingerprint density at radius 2 is 1.50 bits per heavy atom. The van der Waals surface area contributed by atoms with E-state index in [1.54, 1.807) is 12.1 Å². The highest BCUT2D eigenvalue weighted by Crippen LogP contribution is 2.67. The first-order valence-electron chi connectivity index (χ1n) is 12.8.